The summed E-state index contributed by atoms with van der Waals surface area (Å²) in [6, 6.07) is 13.1. The minimum Gasteiger partial charge on any atom is -0.497 e. The Kier molecular flexibility index (Phi) is 6.01. The number of piperidine rings is 1. The van der Waals surface area contributed by atoms with Crippen molar-refractivity contribution in [1.82, 2.24) is 4.90 Å². The third-order valence-corrected chi connectivity index (χ3v) is 4.84. The van der Waals surface area contributed by atoms with Gasteiger partial charge >= 0.3 is 0 Å². The van der Waals surface area contributed by atoms with Gasteiger partial charge in [0, 0.05) is 30.6 Å². The summed E-state index contributed by atoms with van der Waals surface area (Å²) in [6.07, 6.45) is 4.48. The maximum Gasteiger partial charge on any atom is 0.246 e. The van der Waals surface area contributed by atoms with E-state index in [2.05, 4.69) is 0 Å². The van der Waals surface area contributed by atoms with Crippen LogP contribution in [0.4, 0.5) is 4.39 Å². The lowest BCUT2D eigenvalue weighted by Crippen LogP contribution is -2.39. The average molecular weight is 367 g/mol. The van der Waals surface area contributed by atoms with Crippen LogP contribution in [0.2, 0.25) is 0 Å². The third kappa shape index (κ3) is 4.82. The van der Waals surface area contributed by atoms with Gasteiger partial charge in [-0.25, -0.2) is 4.39 Å². The van der Waals surface area contributed by atoms with Gasteiger partial charge in [0.1, 0.15) is 11.6 Å². The highest BCUT2D eigenvalue weighted by Crippen LogP contribution is 2.23. The fourth-order valence-electron chi connectivity index (χ4n) is 3.20. The van der Waals surface area contributed by atoms with Crippen molar-refractivity contribution in [2.24, 2.45) is 5.92 Å². The maximum atomic E-state index is 12.9. The molecule has 0 atom stereocenters. The number of ether oxygens (including phenoxy) is 1. The zero-order valence-corrected chi connectivity index (χ0v) is 15.2. The largest absolute Gasteiger partial charge is 0.497 e. The standard InChI is InChI=1S/C22H22FNO3/c1-27-20-9-5-17(6-10-20)22(26)18-12-14-24(15-13-18)21(25)11-4-16-2-7-19(23)8-3-16/h2-11,18H,12-15H2,1H3. The van der Waals surface area contributed by atoms with Crippen LogP contribution in [0.1, 0.15) is 28.8 Å². The lowest BCUT2D eigenvalue weighted by molar-refractivity contribution is -0.127. The van der Waals surface area contributed by atoms with Gasteiger partial charge in [0.05, 0.1) is 7.11 Å². The van der Waals surface area contributed by atoms with Crippen molar-refractivity contribution in [3.05, 3.63) is 71.6 Å². The molecule has 0 aliphatic carbocycles. The summed E-state index contributed by atoms with van der Waals surface area (Å²) in [5.74, 6) is 0.381. The number of ketones is 1. The number of hydrogen-bond donors (Lipinski definition) is 0. The zero-order chi connectivity index (χ0) is 19.2. The molecule has 1 heterocycles. The van der Waals surface area contributed by atoms with Crippen molar-refractivity contribution in [1.29, 1.82) is 0 Å². The van der Waals surface area contributed by atoms with Gasteiger partial charge in [0.25, 0.3) is 0 Å². The molecule has 3 rings (SSSR count). The van der Waals surface area contributed by atoms with Crippen LogP contribution in [-0.2, 0) is 4.79 Å². The lowest BCUT2D eigenvalue weighted by atomic mass is 9.89. The summed E-state index contributed by atoms with van der Waals surface area (Å²) >= 11 is 0. The van der Waals surface area contributed by atoms with Crippen LogP contribution in [0.25, 0.3) is 6.08 Å². The summed E-state index contributed by atoms with van der Waals surface area (Å²) in [7, 11) is 1.59. The summed E-state index contributed by atoms with van der Waals surface area (Å²) in [6.45, 7) is 1.11. The van der Waals surface area contributed by atoms with Gasteiger partial charge < -0.3 is 9.64 Å². The number of carbonyl (C=O) groups excluding carboxylic acids is 2. The number of nitrogens with zero attached hydrogens (tertiary/aromatic N) is 1. The normalized spacial score (nSPS) is 15.1. The smallest absolute Gasteiger partial charge is 0.246 e. The predicted molar refractivity (Wildman–Crippen MR) is 102 cm³/mol. The Hall–Kier alpha value is -2.95. The van der Waals surface area contributed by atoms with E-state index < -0.39 is 0 Å². The predicted octanol–water partition coefficient (Wildman–Crippen LogP) is 3.97. The molecule has 1 aliphatic heterocycles. The molecular formula is C22H22FNO3. The molecule has 2 aromatic rings. The number of Topliss-reactive ketones (excluding diaryl/α,β-unsaturated/α-hetero) is 1. The van der Waals surface area contributed by atoms with Gasteiger partial charge in [-0.1, -0.05) is 12.1 Å². The van der Waals surface area contributed by atoms with E-state index in [0.717, 1.165) is 11.3 Å². The van der Waals surface area contributed by atoms with E-state index >= 15 is 0 Å². The van der Waals surface area contributed by atoms with Crippen LogP contribution >= 0.6 is 0 Å². The van der Waals surface area contributed by atoms with Crippen molar-refractivity contribution in [3.63, 3.8) is 0 Å². The summed E-state index contributed by atoms with van der Waals surface area (Å²) in [5, 5.41) is 0. The molecular weight excluding hydrogens is 345 g/mol. The van der Waals surface area contributed by atoms with Gasteiger partial charge in [0.2, 0.25) is 5.91 Å². The summed E-state index contributed by atoms with van der Waals surface area (Å²) < 4.78 is 18.0. The third-order valence-electron chi connectivity index (χ3n) is 4.84. The van der Waals surface area contributed by atoms with Gasteiger partial charge in [0.15, 0.2) is 5.78 Å². The van der Waals surface area contributed by atoms with Crippen LogP contribution in [0.5, 0.6) is 5.75 Å². The zero-order valence-electron chi connectivity index (χ0n) is 15.2. The van der Waals surface area contributed by atoms with Crippen molar-refractivity contribution in [3.8, 4) is 5.75 Å². The van der Waals surface area contributed by atoms with E-state index in [-0.39, 0.29) is 23.4 Å². The Morgan fingerprint density at radius 3 is 2.26 bits per heavy atom. The molecule has 0 radical (unpaired) electrons. The second-order valence-corrected chi connectivity index (χ2v) is 6.58. The van der Waals surface area contributed by atoms with Gasteiger partial charge in [-0.2, -0.15) is 0 Å². The second kappa shape index (κ2) is 8.62. The lowest BCUT2D eigenvalue weighted by Gasteiger charge is -2.30. The fourth-order valence-corrected chi connectivity index (χ4v) is 3.20. The number of halogens is 1. The molecule has 0 unspecified atom stereocenters. The molecule has 1 fully saturated rings. The number of likely N-dealkylation sites (tertiary alicyclic amines) is 1. The number of benzene rings is 2. The Balaban J connectivity index is 1.53. The minimum atomic E-state index is -0.304. The highest BCUT2D eigenvalue weighted by molar-refractivity contribution is 5.98. The number of methoxy groups -OCH3 is 1. The van der Waals surface area contributed by atoms with Gasteiger partial charge in [-0.15, -0.1) is 0 Å². The Morgan fingerprint density at radius 1 is 1.04 bits per heavy atom. The molecule has 0 spiro atoms. The first-order valence-corrected chi connectivity index (χ1v) is 8.97. The van der Waals surface area contributed by atoms with Crippen LogP contribution < -0.4 is 4.74 Å². The second-order valence-electron chi connectivity index (χ2n) is 6.58. The maximum absolute atomic E-state index is 12.9. The Morgan fingerprint density at radius 2 is 1.67 bits per heavy atom. The number of rotatable bonds is 5. The van der Waals surface area contributed by atoms with E-state index in [4.69, 9.17) is 4.74 Å². The molecule has 2 aromatic carbocycles. The fraction of sp³-hybridized carbons (Fsp3) is 0.273. The first-order valence-electron chi connectivity index (χ1n) is 8.97. The highest BCUT2D eigenvalue weighted by Gasteiger charge is 2.27. The summed E-state index contributed by atoms with van der Waals surface area (Å²) in [5.41, 5.74) is 1.45. The SMILES string of the molecule is COc1ccc(C(=O)C2CCN(C(=O)C=Cc3ccc(F)cc3)CC2)cc1. The first kappa shape index (κ1) is 18.8. The molecule has 4 nitrogen and oxygen atoms in total. The first-order chi connectivity index (χ1) is 13.1. The number of hydrogen-bond acceptors (Lipinski definition) is 3. The van der Waals surface area contributed by atoms with E-state index in [9.17, 15) is 14.0 Å². The van der Waals surface area contributed by atoms with E-state index in [1.165, 1.54) is 18.2 Å². The molecule has 27 heavy (non-hydrogen) atoms. The monoisotopic (exact) mass is 367 g/mol. The minimum absolute atomic E-state index is 0.0662. The topological polar surface area (TPSA) is 46.6 Å². The molecule has 140 valence electrons. The van der Waals surface area contributed by atoms with E-state index in [0.29, 0.717) is 31.5 Å². The Bertz CT molecular complexity index is 820. The van der Waals surface area contributed by atoms with E-state index in [1.807, 2.05) is 0 Å². The van der Waals surface area contributed by atoms with Gasteiger partial charge in [-0.05, 0) is 60.9 Å². The van der Waals surface area contributed by atoms with Crippen molar-refractivity contribution in [2.75, 3.05) is 20.2 Å². The molecule has 5 heteroatoms. The van der Waals surface area contributed by atoms with Crippen molar-refractivity contribution < 1.29 is 18.7 Å². The van der Waals surface area contributed by atoms with Crippen LogP contribution in [0.15, 0.2) is 54.6 Å². The molecule has 0 saturated carbocycles. The quantitative estimate of drug-likeness (QED) is 0.593. The van der Waals surface area contributed by atoms with Crippen LogP contribution in [0.3, 0.4) is 0 Å². The van der Waals surface area contributed by atoms with Crippen molar-refractivity contribution >= 4 is 17.8 Å². The van der Waals surface area contributed by atoms with E-state index in [1.54, 1.807) is 54.5 Å². The molecule has 0 N–H and O–H groups in total. The van der Waals surface area contributed by atoms with Crippen LogP contribution in [-0.4, -0.2) is 36.8 Å². The summed E-state index contributed by atoms with van der Waals surface area (Å²) in [4.78, 5) is 26.7. The molecule has 1 saturated heterocycles. The van der Waals surface area contributed by atoms with Gasteiger partial charge in [-0.3, -0.25) is 9.59 Å². The molecule has 1 amide bonds. The number of amides is 1. The van der Waals surface area contributed by atoms with Crippen LogP contribution in [0, 0.1) is 11.7 Å². The highest BCUT2D eigenvalue weighted by atomic mass is 19.1. The average Bonchev–Trinajstić information content (AvgIpc) is 2.73. The molecule has 1 aliphatic rings. The number of carbonyl (C=O) groups is 2. The molecule has 0 bridgehead atoms. The Labute approximate surface area is 158 Å². The molecule has 0 aromatic heterocycles. The van der Waals surface area contributed by atoms with Crippen molar-refractivity contribution in [2.45, 2.75) is 12.8 Å².